The molecule has 0 atom stereocenters. The summed E-state index contributed by atoms with van der Waals surface area (Å²) in [5.74, 6) is -1.55. The number of nitrogens with zero attached hydrogens (tertiary/aromatic N) is 1. The maximum Gasteiger partial charge on any atom is 0.417 e. The van der Waals surface area contributed by atoms with Gasteiger partial charge in [0.25, 0.3) is 0 Å². The van der Waals surface area contributed by atoms with E-state index in [0.29, 0.717) is 24.9 Å². The van der Waals surface area contributed by atoms with E-state index in [9.17, 15) is 23.4 Å². The molecular weight excluding hydrogens is 449 g/mol. The molecule has 0 amide bonds. The molecule has 8 heteroatoms. The Kier molecular flexibility index (Phi) is 6.33. The van der Waals surface area contributed by atoms with E-state index in [0.717, 1.165) is 29.1 Å². The first-order chi connectivity index (χ1) is 15.3. The van der Waals surface area contributed by atoms with E-state index in [2.05, 4.69) is 36.3 Å². The first-order valence-corrected chi connectivity index (χ1v) is 11.8. The van der Waals surface area contributed by atoms with Crippen molar-refractivity contribution in [3.63, 3.8) is 0 Å². The second-order valence-electron chi connectivity index (χ2n) is 10.1. The fraction of sp³-hybridized carbons (Fsp3) is 0.440. The van der Waals surface area contributed by atoms with Gasteiger partial charge >= 0.3 is 6.18 Å². The van der Waals surface area contributed by atoms with Crippen LogP contribution in [0.15, 0.2) is 48.7 Å². The van der Waals surface area contributed by atoms with Gasteiger partial charge in [-0.25, -0.2) is 0 Å². The molecule has 0 saturated heterocycles. The van der Waals surface area contributed by atoms with Crippen LogP contribution in [-0.4, -0.2) is 25.8 Å². The number of hydrogen-bond acceptors (Lipinski definition) is 4. The van der Waals surface area contributed by atoms with E-state index in [-0.39, 0.29) is 16.2 Å². The number of hydrogen-bond donors (Lipinski definition) is 3. The van der Waals surface area contributed by atoms with E-state index >= 15 is 0 Å². The normalized spacial score (nSPS) is 16.8. The fourth-order valence-corrected chi connectivity index (χ4v) is 5.47. The Morgan fingerprint density at radius 3 is 2.42 bits per heavy atom. The van der Waals surface area contributed by atoms with Gasteiger partial charge in [0.15, 0.2) is 5.79 Å². The number of alkyl halides is 3. The van der Waals surface area contributed by atoms with Crippen molar-refractivity contribution in [1.82, 2.24) is 9.29 Å². The average Bonchev–Trinajstić information content (AvgIpc) is 3.01. The van der Waals surface area contributed by atoms with Gasteiger partial charge in [0, 0.05) is 48.3 Å². The predicted molar refractivity (Wildman–Crippen MR) is 126 cm³/mol. The van der Waals surface area contributed by atoms with E-state index in [4.69, 9.17) is 0 Å². The molecule has 178 valence electrons. The highest BCUT2D eigenvalue weighted by molar-refractivity contribution is 7.98. The molecule has 3 N–H and O–H groups in total. The zero-order valence-corrected chi connectivity index (χ0v) is 19.7. The number of benzene rings is 2. The Hall–Kier alpha value is -2.00. The molecule has 1 aromatic heterocycles. The van der Waals surface area contributed by atoms with Crippen LogP contribution in [0.1, 0.15) is 44.7 Å². The van der Waals surface area contributed by atoms with Crippen LogP contribution in [0.2, 0.25) is 0 Å². The monoisotopic (exact) mass is 478 g/mol. The van der Waals surface area contributed by atoms with Gasteiger partial charge in [0.1, 0.15) is 0 Å². The molecule has 1 fully saturated rings. The van der Waals surface area contributed by atoms with Crippen LogP contribution < -0.4 is 4.72 Å². The predicted octanol–water partition coefficient (Wildman–Crippen LogP) is 5.95. The third kappa shape index (κ3) is 5.57. The molecule has 3 aromatic rings. The molecule has 1 heterocycles. The summed E-state index contributed by atoms with van der Waals surface area (Å²) in [4.78, 5) is 0. The number of rotatable bonds is 6. The minimum atomic E-state index is -4.42. The summed E-state index contributed by atoms with van der Waals surface area (Å²) >= 11 is 1.49. The summed E-state index contributed by atoms with van der Waals surface area (Å²) in [6.45, 7) is 7.67. The molecule has 0 unspecified atom stereocenters. The van der Waals surface area contributed by atoms with Gasteiger partial charge in [0.05, 0.1) is 5.56 Å². The molecular formula is C25H29F3N2O2S. The minimum absolute atomic E-state index is 0.0111. The smallest absolute Gasteiger partial charge is 0.366 e. The highest BCUT2D eigenvalue weighted by Gasteiger charge is 2.41. The standard InChI is InChI=1S/C25H29F3N2O2S/c1-23(2,3)15-30-14-17(13-29-33-18-11-24(31,32)12-18)20-9-8-16(10-22(20)30)19-6-4-5-7-21(19)25(26,27)28/h4-10,14,18,29,31-32H,11-13,15H2,1-3H3. The first kappa shape index (κ1) is 24.1. The van der Waals surface area contributed by atoms with Crippen molar-refractivity contribution in [3.8, 4) is 11.1 Å². The largest absolute Gasteiger partial charge is 0.417 e. The summed E-state index contributed by atoms with van der Waals surface area (Å²) in [7, 11) is 0. The third-order valence-corrected chi connectivity index (χ3v) is 6.75. The average molecular weight is 479 g/mol. The van der Waals surface area contributed by atoms with Crippen molar-refractivity contribution in [2.45, 2.75) is 63.9 Å². The Morgan fingerprint density at radius 2 is 1.79 bits per heavy atom. The molecule has 4 nitrogen and oxygen atoms in total. The lowest BCUT2D eigenvalue weighted by Gasteiger charge is -2.38. The van der Waals surface area contributed by atoms with E-state index in [1.54, 1.807) is 12.1 Å². The first-order valence-electron chi connectivity index (χ1n) is 10.9. The summed E-state index contributed by atoms with van der Waals surface area (Å²) in [5, 5.41) is 20.1. The number of halogens is 3. The Balaban J connectivity index is 1.66. The van der Waals surface area contributed by atoms with Crippen molar-refractivity contribution in [3.05, 3.63) is 59.8 Å². The quantitative estimate of drug-likeness (QED) is 0.303. The van der Waals surface area contributed by atoms with Crippen LogP contribution in [0.25, 0.3) is 22.0 Å². The highest BCUT2D eigenvalue weighted by Crippen LogP contribution is 2.39. The van der Waals surface area contributed by atoms with E-state index < -0.39 is 17.5 Å². The molecule has 0 bridgehead atoms. The van der Waals surface area contributed by atoms with E-state index in [1.165, 1.54) is 24.1 Å². The van der Waals surface area contributed by atoms with Crippen molar-refractivity contribution >= 4 is 22.9 Å². The van der Waals surface area contributed by atoms with Crippen LogP contribution in [0, 0.1) is 5.41 Å². The van der Waals surface area contributed by atoms with Crippen LogP contribution >= 0.6 is 11.9 Å². The van der Waals surface area contributed by atoms with Gasteiger partial charge in [-0.3, -0.25) is 4.72 Å². The van der Waals surface area contributed by atoms with Crippen LogP contribution in [0.4, 0.5) is 13.2 Å². The topological polar surface area (TPSA) is 57.4 Å². The molecule has 4 rings (SSSR count). The number of aliphatic hydroxyl groups is 2. The maximum atomic E-state index is 13.6. The number of aromatic nitrogens is 1. The molecule has 1 aliphatic carbocycles. The summed E-state index contributed by atoms with van der Waals surface area (Å²) in [5.41, 5.74) is 2.01. The number of fused-ring (bicyclic) bond motifs is 1. The molecule has 0 radical (unpaired) electrons. The van der Waals surface area contributed by atoms with Gasteiger partial charge in [-0.2, -0.15) is 13.2 Å². The molecule has 0 aliphatic heterocycles. The van der Waals surface area contributed by atoms with Gasteiger partial charge in [-0.15, -0.1) is 0 Å². The molecule has 33 heavy (non-hydrogen) atoms. The van der Waals surface area contributed by atoms with Gasteiger partial charge in [-0.05, 0) is 34.2 Å². The summed E-state index contributed by atoms with van der Waals surface area (Å²) in [6, 6.07) is 11.2. The fourth-order valence-electron chi connectivity index (χ4n) is 4.29. The van der Waals surface area contributed by atoms with Crippen LogP contribution in [-0.2, 0) is 19.3 Å². The van der Waals surface area contributed by atoms with Crippen molar-refractivity contribution in [2.75, 3.05) is 0 Å². The number of nitrogens with one attached hydrogen (secondary N) is 1. The summed E-state index contributed by atoms with van der Waals surface area (Å²) < 4.78 is 46.2. The van der Waals surface area contributed by atoms with Gasteiger partial charge in [-0.1, -0.05) is 63.1 Å². The lowest BCUT2D eigenvalue weighted by molar-refractivity contribution is -0.207. The summed E-state index contributed by atoms with van der Waals surface area (Å²) in [6.07, 6.45) is -1.70. The van der Waals surface area contributed by atoms with E-state index in [1.807, 2.05) is 12.1 Å². The van der Waals surface area contributed by atoms with Crippen LogP contribution in [0.3, 0.4) is 0 Å². The Morgan fingerprint density at radius 1 is 1.09 bits per heavy atom. The highest BCUT2D eigenvalue weighted by atomic mass is 32.2. The van der Waals surface area contributed by atoms with Crippen molar-refractivity contribution < 1.29 is 23.4 Å². The lowest BCUT2D eigenvalue weighted by atomic mass is 9.91. The third-order valence-electron chi connectivity index (χ3n) is 5.77. The molecule has 0 spiro atoms. The molecule has 1 saturated carbocycles. The Bertz CT molecular complexity index is 1140. The lowest BCUT2D eigenvalue weighted by Crippen LogP contribution is -2.46. The minimum Gasteiger partial charge on any atom is -0.366 e. The van der Waals surface area contributed by atoms with Crippen LogP contribution in [0.5, 0.6) is 0 Å². The zero-order valence-electron chi connectivity index (χ0n) is 18.9. The molecule has 2 aromatic carbocycles. The van der Waals surface area contributed by atoms with Gasteiger partial charge in [0.2, 0.25) is 0 Å². The zero-order chi connectivity index (χ0) is 24.0. The maximum absolute atomic E-state index is 13.6. The SMILES string of the molecule is CC(C)(C)Cn1cc(CNSC2CC(O)(O)C2)c2ccc(-c3ccccc3C(F)(F)F)cc21. The van der Waals surface area contributed by atoms with Crippen molar-refractivity contribution in [1.29, 1.82) is 0 Å². The van der Waals surface area contributed by atoms with Gasteiger partial charge < -0.3 is 14.8 Å². The second kappa shape index (κ2) is 8.65. The van der Waals surface area contributed by atoms with Crippen molar-refractivity contribution in [2.24, 2.45) is 5.41 Å². The Labute approximate surface area is 195 Å². The molecule has 1 aliphatic rings. The second-order valence-corrected chi connectivity index (χ2v) is 11.3.